The first-order valence-corrected chi connectivity index (χ1v) is 12.3. The molecule has 0 unspecified atom stereocenters. The number of amides is 2. The summed E-state index contributed by atoms with van der Waals surface area (Å²) in [6.07, 6.45) is 1.54. The molecule has 166 valence electrons. The van der Waals surface area contributed by atoms with Crippen molar-refractivity contribution in [1.29, 1.82) is 0 Å². The monoisotopic (exact) mass is 477 g/mol. The summed E-state index contributed by atoms with van der Waals surface area (Å²) in [5.41, 5.74) is 4.51. The van der Waals surface area contributed by atoms with Crippen molar-refractivity contribution >= 4 is 45.9 Å². The summed E-state index contributed by atoms with van der Waals surface area (Å²) in [4.78, 5) is 33.2. The molecular formula is C25H20FN3O2S2. The highest BCUT2D eigenvalue weighted by molar-refractivity contribution is 7.17. The zero-order valence-electron chi connectivity index (χ0n) is 17.8. The first kappa shape index (κ1) is 21.5. The number of carbonyl (C=O) groups excluding carboxylic acids is 2. The van der Waals surface area contributed by atoms with E-state index in [1.165, 1.54) is 35.6 Å². The third-order valence-electron chi connectivity index (χ3n) is 5.61. The van der Waals surface area contributed by atoms with Crippen LogP contribution >= 0.6 is 22.7 Å². The third-order valence-corrected chi connectivity index (χ3v) is 7.49. The van der Waals surface area contributed by atoms with Gasteiger partial charge in [0.05, 0.1) is 5.69 Å². The van der Waals surface area contributed by atoms with E-state index < -0.39 is 5.82 Å². The van der Waals surface area contributed by atoms with Crippen molar-refractivity contribution in [3.05, 3.63) is 86.8 Å². The van der Waals surface area contributed by atoms with Crippen LogP contribution in [0.3, 0.4) is 0 Å². The van der Waals surface area contributed by atoms with Crippen LogP contribution in [0.2, 0.25) is 0 Å². The molecule has 0 atom stereocenters. The summed E-state index contributed by atoms with van der Waals surface area (Å²) in [6.45, 7) is 2.47. The minimum Gasteiger partial charge on any atom is -0.322 e. The molecule has 1 aliphatic heterocycles. The van der Waals surface area contributed by atoms with Gasteiger partial charge >= 0.3 is 0 Å². The number of nitrogens with one attached hydrogen (secondary N) is 1. The Balaban J connectivity index is 1.43. The van der Waals surface area contributed by atoms with Gasteiger partial charge in [-0.05, 0) is 73.2 Å². The van der Waals surface area contributed by atoms with E-state index in [1.54, 1.807) is 16.2 Å². The molecule has 5 rings (SSSR count). The van der Waals surface area contributed by atoms with E-state index in [2.05, 4.69) is 10.3 Å². The summed E-state index contributed by atoms with van der Waals surface area (Å²) in [5, 5.41) is 7.80. The molecule has 8 heteroatoms. The summed E-state index contributed by atoms with van der Waals surface area (Å²) < 4.78 is 13.2. The Bertz CT molecular complexity index is 1330. The van der Waals surface area contributed by atoms with E-state index in [1.807, 2.05) is 41.9 Å². The number of carbonyl (C=O) groups is 2. The summed E-state index contributed by atoms with van der Waals surface area (Å²) in [5.74, 6) is -0.779. The number of thiophene rings is 1. The van der Waals surface area contributed by atoms with Crippen LogP contribution in [0.5, 0.6) is 0 Å². The maximum atomic E-state index is 13.5. The first-order chi connectivity index (χ1) is 16.0. The molecule has 0 aliphatic carbocycles. The van der Waals surface area contributed by atoms with E-state index in [0.717, 1.165) is 40.4 Å². The second kappa shape index (κ2) is 8.88. The zero-order valence-corrected chi connectivity index (χ0v) is 19.4. The number of benzene rings is 2. The lowest BCUT2D eigenvalue weighted by Crippen LogP contribution is -2.35. The lowest BCUT2D eigenvalue weighted by molar-refractivity contribution is 0.0987. The Labute approximate surface area is 198 Å². The molecule has 0 spiro atoms. The lowest BCUT2D eigenvalue weighted by Gasteiger charge is -2.30. The highest BCUT2D eigenvalue weighted by atomic mass is 32.1. The van der Waals surface area contributed by atoms with Gasteiger partial charge in [-0.25, -0.2) is 9.37 Å². The quantitative estimate of drug-likeness (QED) is 0.383. The van der Waals surface area contributed by atoms with Gasteiger partial charge in [-0.2, -0.15) is 11.3 Å². The van der Waals surface area contributed by atoms with Crippen LogP contribution in [0, 0.1) is 12.7 Å². The summed E-state index contributed by atoms with van der Waals surface area (Å²) >= 11 is 3.01. The predicted octanol–water partition coefficient (Wildman–Crippen LogP) is 6.16. The van der Waals surface area contributed by atoms with Crippen molar-refractivity contribution < 1.29 is 14.0 Å². The van der Waals surface area contributed by atoms with Crippen molar-refractivity contribution in [2.24, 2.45) is 0 Å². The number of fused-ring (bicyclic) bond motifs is 1. The highest BCUT2D eigenvalue weighted by Crippen LogP contribution is 2.36. The van der Waals surface area contributed by atoms with Crippen LogP contribution in [-0.2, 0) is 6.42 Å². The molecule has 0 bridgehead atoms. The Morgan fingerprint density at radius 1 is 1.12 bits per heavy atom. The van der Waals surface area contributed by atoms with Crippen LogP contribution in [-0.4, -0.2) is 23.3 Å². The van der Waals surface area contributed by atoms with E-state index >= 15 is 0 Å². The number of aryl methyl sites for hydroxylation is 1. The van der Waals surface area contributed by atoms with Gasteiger partial charge in [-0.15, -0.1) is 11.3 Å². The Morgan fingerprint density at radius 2 is 1.94 bits per heavy atom. The SMILES string of the molecule is Cc1nc(-c2ccsc2)sc1C(=O)N1CCCc2c(NC(=O)c3ccc(F)cc3)cccc21. The number of hydrogen-bond acceptors (Lipinski definition) is 5. The number of nitrogens with zero attached hydrogens (tertiary/aromatic N) is 2. The fourth-order valence-electron chi connectivity index (χ4n) is 3.98. The molecular weight excluding hydrogens is 457 g/mol. The molecule has 0 saturated heterocycles. The maximum absolute atomic E-state index is 13.5. The maximum Gasteiger partial charge on any atom is 0.270 e. The zero-order chi connectivity index (χ0) is 22.9. The minimum absolute atomic E-state index is 0.0746. The predicted molar refractivity (Wildman–Crippen MR) is 131 cm³/mol. The molecule has 1 N–H and O–H groups in total. The summed E-state index contributed by atoms with van der Waals surface area (Å²) in [7, 11) is 0. The van der Waals surface area contributed by atoms with Gasteiger partial charge in [0.25, 0.3) is 11.8 Å². The number of aromatic nitrogens is 1. The van der Waals surface area contributed by atoms with Crippen LogP contribution in [0.4, 0.5) is 15.8 Å². The smallest absolute Gasteiger partial charge is 0.270 e. The number of rotatable bonds is 4. The molecule has 0 radical (unpaired) electrons. The molecule has 1 aliphatic rings. The van der Waals surface area contributed by atoms with Crippen LogP contribution in [0.15, 0.2) is 59.3 Å². The molecule has 3 heterocycles. The van der Waals surface area contributed by atoms with Gasteiger partial charge in [-0.1, -0.05) is 6.07 Å². The van der Waals surface area contributed by atoms with Crippen LogP contribution in [0.1, 0.15) is 37.7 Å². The van der Waals surface area contributed by atoms with Gasteiger partial charge in [0.2, 0.25) is 0 Å². The standard InChI is InChI=1S/C25H20FN3O2S2/c1-15-22(33-24(27-15)17-11-13-32-14-17)25(31)29-12-3-4-19-20(5-2-6-21(19)29)28-23(30)16-7-9-18(26)10-8-16/h2,5-11,13-14H,3-4,12H2,1H3,(H,28,30). The van der Waals surface area contributed by atoms with Crippen LogP contribution in [0.25, 0.3) is 10.6 Å². The lowest BCUT2D eigenvalue weighted by atomic mass is 9.99. The average molecular weight is 478 g/mol. The van der Waals surface area contributed by atoms with Gasteiger partial charge in [-0.3, -0.25) is 9.59 Å². The van der Waals surface area contributed by atoms with Crippen molar-refractivity contribution in [3.63, 3.8) is 0 Å². The van der Waals surface area contributed by atoms with Gasteiger partial charge in [0.15, 0.2) is 0 Å². The van der Waals surface area contributed by atoms with Gasteiger partial charge in [0, 0.05) is 34.4 Å². The van der Waals surface area contributed by atoms with E-state index in [0.29, 0.717) is 22.7 Å². The van der Waals surface area contributed by atoms with E-state index in [-0.39, 0.29) is 11.8 Å². The minimum atomic E-state index is -0.390. The van der Waals surface area contributed by atoms with E-state index in [4.69, 9.17) is 0 Å². The van der Waals surface area contributed by atoms with Gasteiger partial charge in [0.1, 0.15) is 15.7 Å². The molecule has 2 aromatic carbocycles. The molecule has 5 nitrogen and oxygen atoms in total. The number of anilines is 2. The largest absolute Gasteiger partial charge is 0.322 e. The number of hydrogen-bond donors (Lipinski definition) is 1. The second-order valence-corrected chi connectivity index (χ2v) is 9.55. The molecule has 2 amide bonds. The van der Waals surface area contributed by atoms with Gasteiger partial charge < -0.3 is 10.2 Å². The molecule has 0 fully saturated rings. The van der Waals surface area contributed by atoms with Crippen LogP contribution < -0.4 is 10.2 Å². The fourth-order valence-corrected chi connectivity index (χ4v) is 5.70. The highest BCUT2D eigenvalue weighted by Gasteiger charge is 2.28. The molecule has 4 aromatic rings. The topological polar surface area (TPSA) is 62.3 Å². The molecule has 0 saturated carbocycles. The third kappa shape index (κ3) is 4.19. The average Bonchev–Trinajstić information content (AvgIpc) is 3.49. The fraction of sp³-hybridized carbons (Fsp3) is 0.160. The van der Waals surface area contributed by atoms with Crippen molar-refractivity contribution in [2.45, 2.75) is 19.8 Å². The first-order valence-electron chi connectivity index (χ1n) is 10.5. The Kier molecular flexibility index (Phi) is 5.78. The number of thiazole rings is 1. The molecule has 2 aromatic heterocycles. The van der Waals surface area contributed by atoms with Crippen molar-refractivity contribution in [2.75, 3.05) is 16.8 Å². The van der Waals surface area contributed by atoms with Crippen molar-refractivity contribution in [3.8, 4) is 10.6 Å². The Morgan fingerprint density at radius 3 is 2.70 bits per heavy atom. The summed E-state index contributed by atoms with van der Waals surface area (Å²) in [6, 6.07) is 13.0. The van der Waals surface area contributed by atoms with Crippen molar-refractivity contribution in [1.82, 2.24) is 4.98 Å². The normalized spacial score (nSPS) is 13.0. The molecule has 33 heavy (non-hydrogen) atoms. The number of halogens is 1. The van der Waals surface area contributed by atoms with E-state index in [9.17, 15) is 14.0 Å². The second-order valence-electron chi connectivity index (χ2n) is 7.77. The Hall–Kier alpha value is -3.36.